The summed E-state index contributed by atoms with van der Waals surface area (Å²) in [6.07, 6.45) is 0.132. The molecule has 0 radical (unpaired) electrons. The molecule has 0 bridgehead atoms. The number of guanidine groups is 1. The summed E-state index contributed by atoms with van der Waals surface area (Å²) < 4.78 is 6.52. The number of nitrogens with zero attached hydrogens (tertiary/aromatic N) is 1. The molecule has 0 fully saturated rings. The van der Waals surface area contributed by atoms with Gasteiger partial charge in [-0.15, -0.1) is 0 Å². The van der Waals surface area contributed by atoms with Gasteiger partial charge in [-0.05, 0) is 62.4 Å². The SMILES string of the molecule is CC(C)Oc1ccc(NC(N)=NCCNC(=O)c2ccc(Br)cc2)cc1. The molecule has 0 unspecified atom stereocenters. The lowest BCUT2D eigenvalue weighted by molar-refractivity contribution is 0.0955. The van der Waals surface area contributed by atoms with Gasteiger partial charge in [0.25, 0.3) is 5.91 Å². The smallest absolute Gasteiger partial charge is 0.251 e. The highest BCUT2D eigenvalue weighted by atomic mass is 79.9. The van der Waals surface area contributed by atoms with Crippen molar-refractivity contribution in [3.63, 3.8) is 0 Å². The number of amides is 1. The molecule has 138 valence electrons. The lowest BCUT2D eigenvalue weighted by Gasteiger charge is -2.11. The van der Waals surface area contributed by atoms with E-state index in [2.05, 4.69) is 31.6 Å². The molecule has 2 aromatic carbocycles. The van der Waals surface area contributed by atoms with Crippen LogP contribution in [0.4, 0.5) is 5.69 Å². The number of rotatable bonds is 7. The van der Waals surface area contributed by atoms with Crippen LogP contribution >= 0.6 is 15.9 Å². The second kappa shape index (κ2) is 9.82. The number of aliphatic imine (C=N–C) groups is 1. The molecule has 1 amide bonds. The maximum atomic E-state index is 12.0. The molecule has 2 rings (SSSR count). The van der Waals surface area contributed by atoms with Crippen LogP contribution in [0.3, 0.4) is 0 Å². The summed E-state index contributed by atoms with van der Waals surface area (Å²) in [5, 5.41) is 5.80. The Kier molecular flexibility index (Phi) is 7.47. The summed E-state index contributed by atoms with van der Waals surface area (Å²) in [6, 6.07) is 14.6. The fourth-order valence-corrected chi connectivity index (χ4v) is 2.39. The van der Waals surface area contributed by atoms with Gasteiger partial charge in [0, 0.05) is 22.3 Å². The van der Waals surface area contributed by atoms with Gasteiger partial charge in [0.15, 0.2) is 5.96 Å². The van der Waals surface area contributed by atoms with Gasteiger partial charge >= 0.3 is 0 Å². The van der Waals surface area contributed by atoms with Crippen molar-refractivity contribution in [3.8, 4) is 5.75 Å². The van der Waals surface area contributed by atoms with Crippen molar-refractivity contribution in [1.29, 1.82) is 0 Å². The third-order valence-electron chi connectivity index (χ3n) is 3.28. The van der Waals surface area contributed by atoms with Gasteiger partial charge in [-0.25, -0.2) is 0 Å². The molecule has 2 aromatic rings. The number of halogens is 1. The number of carbonyl (C=O) groups excluding carboxylic acids is 1. The van der Waals surface area contributed by atoms with Crippen LogP contribution in [0.2, 0.25) is 0 Å². The van der Waals surface area contributed by atoms with Gasteiger partial charge in [-0.1, -0.05) is 15.9 Å². The summed E-state index contributed by atoms with van der Waals surface area (Å²) in [4.78, 5) is 16.2. The number of nitrogens with two attached hydrogens (primary N) is 1. The topological polar surface area (TPSA) is 88.7 Å². The first-order valence-electron chi connectivity index (χ1n) is 8.31. The second-order valence-corrected chi connectivity index (χ2v) is 6.76. The predicted molar refractivity (Wildman–Crippen MR) is 109 cm³/mol. The number of ether oxygens (including phenoxy) is 1. The highest BCUT2D eigenvalue weighted by molar-refractivity contribution is 9.10. The summed E-state index contributed by atoms with van der Waals surface area (Å²) in [5.41, 5.74) is 7.28. The molecule has 0 atom stereocenters. The molecule has 0 aliphatic carbocycles. The molecule has 0 heterocycles. The molecule has 7 heteroatoms. The molecular weight excluding hydrogens is 396 g/mol. The van der Waals surface area contributed by atoms with E-state index in [1.54, 1.807) is 12.1 Å². The largest absolute Gasteiger partial charge is 0.491 e. The molecule has 4 N–H and O–H groups in total. The quantitative estimate of drug-likeness (QED) is 0.365. The third-order valence-corrected chi connectivity index (χ3v) is 3.81. The number of hydrogen-bond acceptors (Lipinski definition) is 3. The van der Waals surface area contributed by atoms with Crippen molar-refractivity contribution in [2.45, 2.75) is 20.0 Å². The van der Waals surface area contributed by atoms with E-state index < -0.39 is 0 Å². The monoisotopic (exact) mass is 418 g/mol. The summed E-state index contributed by atoms with van der Waals surface area (Å²) in [7, 11) is 0. The minimum absolute atomic E-state index is 0.132. The highest BCUT2D eigenvalue weighted by Gasteiger charge is 2.04. The number of anilines is 1. The Bertz CT molecular complexity index is 743. The zero-order valence-electron chi connectivity index (χ0n) is 14.8. The van der Waals surface area contributed by atoms with Crippen LogP contribution in [-0.4, -0.2) is 31.1 Å². The van der Waals surface area contributed by atoms with Crippen molar-refractivity contribution < 1.29 is 9.53 Å². The summed E-state index contributed by atoms with van der Waals surface area (Å²) >= 11 is 3.34. The van der Waals surface area contributed by atoms with Gasteiger partial charge in [0.05, 0.1) is 12.6 Å². The highest BCUT2D eigenvalue weighted by Crippen LogP contribution is 2.16. The van der Waals surface area contributed by atoms with E-state index in [0.29, 0.717) is 24.6 Å². The van der Waals surface area contributed by atoms with Gasteiger partial charge < -0.3 is 21.1 Å². The Morgan fingerprint density at radius 1 is 1.15 bits per heavy atom. The van der Waals surface area contributed by atoms with E-state index in [1.807, 2.05) is 50.2 Å². The van der Waals surface area contributed by atoms with Gasteiger partial charge in [0.1, 0.15) is 5.75 Å². The Labute approximate surface area is 162 Å². The van der Waals surface area contributed by atoms with Crippen LogP contribution in [-0.2, 0) is 0 Å². The zero-order valence-corrected chi connectivity index (χ0v) is 16.4. The summed E-state index contributed by atoms with van der Waals surface area (Å²) in [5.74, 6) is 0.956. The molecule has 6 nitrogen and oxygen atoms in total. The Balaban J connectivity index is 1.75. The average Bonchev–Trinajstić information content (AvgIpc) is 2.60. The minimum atomic E-state index is -0.139. The average molecular weight is 419 g/mol. The molecule has 0 aliphatic heterocycles. The number of hydrogen-bond donors (Lipinski definition) is 3. The predicted octanol–water partition coefficient (Wildman–Crippen LogP) is 3.39. The standard InChI is InChI=1S/C19H23BrN4O2/c1-13(2)26-17-9-7-16(8-10-17)24-19(21)23-12-11-22-18(25)14-3-5-15(20)6-4-14/h3-10,13H,11-12H2,1-2H3,(H,22,25)(H3,21,23,24). The number of benzene rings is 2. The Hall–Kier alpha value is -2.54. The van der Waals surface area contributed by atoms with Crippen molar-refractivity contribution in [3.05, 3.63) is 58.6 Å². The Morgan fingerprint density at radius 3 is 2.42 bits per heavy atom. The molecular formula is C19H23BrN4O2. The fraction of sp³-hybridized carbons (Fsp3) is 0.263. The van der Waals surface area contributed by atoms with Gasteiger partial charge in [-0.2, -0.15) is 0 Å². The fourth-order valence-electron chi connectivity index (χ4n) is 2.13. The molecule has 0 aliphatic rings. The molecule has 0 saturated carbocycles. The molecule has 0 spiro atoms. The van der Waals surface area contributed by atoms with Gasteiger partial charge in [0.2, 0.25) is 0 Å². The van der Waals surface area contributed by atoms with Crippen molar-refractivity contribution in [1.82, 2.24) is 5.32 Å². The van der Waals surface area contributed by atoms with Crippen molar-refractivity contribution in [2.75, 3.05) is 18.4 Å². The van der Waals surface area contributed by atoms with Crippen molar-refractivity contribution in [2.24, 2.45) is 10.7 Å². The first-order chi connectivity index (χ1) is 12.4. The van der Waals surface area contributed by atoms with Crippen molar-refractivity contribution >= 4 is 33.5 Å². The Morgan fingerprint density at radius 2 is 1.81 bits per heavy atom. The molecule has 0 aromatic heterocycles. The minimum Gasteiger partial charge on any atom is -0.491 e. The van der Waals surface area contributed by atoms with Crippen LogP contribution in [0.15, 0.2) is 58.0 Å². The lowest BCUT2D eigenvalue weighted by atomic mass is 10.2. The number of carbonyl (C=O) groups is 1. The maximum Gasteiger partial charge on any atom is 0.251 e. The molecule has 0 saturated heterocycles. The maximum absolute atomic E-state index is 12.0. The van der Waals surface area contributed by atoms with E-state index in [-0.39, 0.29) is 12.0 Å². The first-order valence-corrected chi connectivity index (χ1v) is 9.11. The number of nitrogens with one attached hydrogen (secondary N) is 2. The third kappa shape index (κ3) is 6.76. The summed E-state index contributed by atoms with van der Waals surface area (Å²) in [6.45, 7) is 4.74. The van der Waals surface area contributed by atoms with E-state index in [1.165, 1.54) is 0 Å². The van der Waals surface area contributed by atoms with Crippen LogP contribution in [0, 0.1) is 0 Å². The van der Waals surface area contributed by atoms with E-state index >= 15 is 0 Å². The lowest BCUT2D eigenvalue weighted by Crippen LogP contribution is -2.28. The first kappa shape index (κ1) is 19.8. The van der Waals surface area contributed by atoms with Crippen LogP contribution in [0.1, 0.15) is 24.2 Å². The van der Waals surface area contributed by atoms with E-state index in [9.17, 15) is 4.79 Å². The van der Waals surface area contributed by atoms with Gasteiger partial charge in [-0.3, -0.25) is 9.79 Å². The van der Waals surface area contributed by atoms with Crippen LogP contribution < -0.4 is 21.1 Å². The zero-order chi connectivity index (χ0) is 18.9. The van der Waals surface area contributed by atoms with E-state index in [4.69, 9.17) is 10.5 Å². The normalized spacial score (nSPS) is 11.3. The second-order valence-electron chi connectivity index (χ2n) is 5.85. The van der Waals surface area contributed by atoms with E-state index in [0.717, 1.165) is 15.9 Å². The van der Waals surface area contributed by atoms with Crippen LogP contribution in [0.25, 0.3) is 0 Å². The molecule has 26 heavy (non-hydrogen) atoms. The van der Waals surface area contributed by atoms with Crippen LogP contribution in [0.5, 0.6) is 5.75 Å².